The van der Waals surface area contributed by atoms with Crippen molar-refractivity contribution in [2.45, 2.75) is 36.9 Å². The number of nitrogens with one attached hydrogen (secondary N) is 1. The van der Waals surface area contributed by atoms with Gasteiger partial charge in [-0.1, -0.05) is 31.4 Å². The van der Waals surface area contributed by atoms with E-state index in [0.717, 1.165) is 16.6 Å². The van der Waals surface area contributed by atoms with Crippen molar-refractivity contribution in [3.8, 4) is 0 Å². The SMILES string of the molecule is CSC1(CNC(=O)c2ccccc2Br)CCCCC1. The molecule has 0 radical (unpaired) electrons. The van der Waals surface area contributed by atoms with Gasteiger partial charge in [0.05, 0.1) is 5.56 Å². The van der Waals surface area contributed by atoms with Crippen LogP contribution in [0, 0.1) is 0 Å². The first-order valence-electron chi connectivity index (χ1n) is 6.75. The first-order valence-corrected chi connectivity index (χ1v) is 8.76. The Morgan fingerprint density at radius 1 is 1.32 bits per heavy atom. The van der Waals surface area contributed by atoms with Crippen LogP contribution >= 0.6 is 27.7 Å². The third kappa shape index (κ3) is 3.76. The van der Waals surface area contributed by atoms with Crippen LogP contribution in [0.3, 0.4) is 0 Å². The van der Waals surface area contributed by atoms with Crippen molar-refractivity contribution in [2.24, 2.45) is 0 Å². The molecule has 0 atom stereocenters. The molecule has 0 bridgehead atoms. The summed E-state index contributed by atoms with van der Waals surface area (Å²) in [7, 11) is 0. The summed E-state index contributed by atoms with van der Waals surface area (Å²) in [5, 5.41) is 3.11. The predicted octanol–water partition coefficient (Wildman–Crippen LogP) is 4.24. The molecular weight excluding hydrogens is 322 g/mol. The molecule has 0 aliphatic heterocycles. The number of hydrogen-bond donors (Lipinski definition) is 1. The summed E-state index contributed by atoms with van der Waals surface area (Å²) < 4.78 is 1.10. The van der Waals surface area contributed by atoms with Gasteiger partial charge < -0.3 is 5.32 Å². The van der Waals surface area contributed by atoms with E-state index in [-0.39, 0.29) is 10.7 Å². The van der Waals surface area contributed by atoms with Crippen LogP contribution in [0.25, 0.3) is 0 Å². The monoisotopic (exact) mass is 341 g/mol. The number of thioether (sulfide) groups is 1. The second kappa shape index (κ2) is 6.80. The van der Waals surface area contributed by atoms with Crippen LogP contribution in [0.15, 0.2) is 28.7 Å². The summed E-state index contributed by atoms with van der Waals surface area (Å²) in [6.07, 6.45) is 8.49. The zero-order chi connectivity index (χ0) is 13.7. The number of carbonyl (C=O) groups excluding carboxylic acids is 1. The van der Waals surface area contributed by atoms with Gasteiger partial charge in [-0.25, -0.2) is 0 Å². The predicted molar refractivity (Wildman–Crippen MR) is 85.8 cm³/mol. The summed E-state index contributed by atoms with van der Waals surface area (Å²) in [6.45, 7) is 0.772. The number of benzene rings is 1. The maximum atomic E-state index is 12.2. The lowest BCUT2D eigenvalue weighted by atomic mass is 9.88. The van der Waals surface area contributed by atoms with E-state index in [9.17, 15) is 4.79 Å². The molecule has 2 rings (SSSR count). The molecule has 4 heteroatoms. The van der Waals surface area contributed by atoms with Crippen LogP contribution in [-0.4, -0.2) is 23.5 Å². The van der Waals surface area contributed by atoms with Crippen LogP contribution in [0.5, 0.6) is 0 Å². The largest absolute Gasteiger partial charge is 0.351 e. The number of rotatable bonds is 4. The van der Waals surface area contributed by atoms with E-state index in [4.69, 9.17) is 0 Å². The van der Waals surface area contributed by atoms with E-state index >= 15 is 0 Å². The Balaban J connectivity index is 1.98. The van der Waals surface area contributed by atoms with Crippen LogP contribution in [0.2, 0.25) is 0 Å². The highest BCUT2D eigenvalue weighted by Gasteiger charge is 2.31. The Bertz CT molecular complexity index is 444. The lowest BCUT2D eigenvalue weighted by Gasteiger charge is -2.35. The maximum absolute atomic E-state index is 12.2. The van der Waals surface area contributed by atoms with E-state index in [1.54, 1.807) is 0 Å². The second-order valence-electron chi connectivity index (χ2n) is 5.11. The fourth-order valence-corrected chi connectivity index (χ4v) is 4.01. The van der Waals surface area contributed by atoms with Gasteiger partial charge in [-0.3, -0.25) is 4.79 Å². The molecule has 1 N–H and O–H groups in total. The smallest absolute Gasteiger partial charge is 0.252 e. The van der Waals surface area contributed by atoms with Gasteiger partial charge >= 0.3 is 0 Å². The fraction of sp³-hybridized carbons (Fsp3) is 0.533. The van der Waals surface area contributed by atoms with Gasteiger partial charge in [0.2, 0.25) is 0 Å². The van der Waals surface area contributed by atoms with E-state index < -0.39 is 0 Å². The summed E-state index contributed by atoms with van der Waals surface area (Å²) in [5.74, 6) is 0.0199. The van der Waals surface area contributed by atoms with Crippen molar-refractivity contribution in [1.82, 2.24) is 5.32 Å². The summed E-state index contributed by atoms with van der Waals surface area (Å²) in [6, 6.07) is 7.57. The molecule has 19 heavy (non-hydrogen) atoms. The highest BCUT2D eigenvalue weighted by Crippen LogP contribution is 2.38. The van der Waals surface area contributed by atoms with E-state index in [1.807, 2.05) is 36.0 Å². The highest BCUT2D eigenvalue weighted by molar-refractivity contribution is 9.10. The van der Waals surface area contributed by atoms with Gasteiger partial charge in [0.15, 0.2) is 0 Å². The minimum absolute atomic E-state index is 0.0199. The van der Waals surface area contributed by atoms with Gasteiger partial charge in [0, 0.05) is 15.8 Å². The number of halogens is 1. The Morgan fingerprint density at radius 3 is 2.63 bits per heavy atom. The molecule has 1 aromatic rings. The quantitative estimate of drug-likeness (QED) is 0.887. The zero-order valence-corrected chi connectivity index (χ0v) is 13.6. The normalized spacial score (nSPS) is 18.0. The molecule has 1 amide bonds. The number of carbonyl (C=O) groups is 1. The first-order chi connectivity index (χ1) is 9.17. The summed E-state index contributed by atoms with van der Waals surface area (Å²) in [5.41, 5.74) is 0.717. The molecule has 1 aliphatic rings. The van der Waals surface area contributed by atoms with Crippen LogP contribution in [-0.2, 0) is 0 Å². The molecule has 0 unspecified atom stereocenters. The van der Waals surface area contributed by atoms with Crippen LogP contribution in [0.1, 0.15) is 42.5 Å². The minimum Gasteiger partial charge on any atom is -0.351 e. The lowest BCUT2D eigenvalue weighted by molar-refractivity contribution is 0.0946. The van der Waals surface area contributed by atoms with Gasteiger partial charge in [-0.05, 0) is 47.2 Å². The van der Waals surface area contributed by atoms with Gasteiger partial charge in [-0.15, -0.1) is 0 Å². The molecule has 0 saturated heterocycles. The Hall–Kier alpha value is -0.480. The first kappa shape index (κ1) is 14.9. The van der Waals surface area contributed by atoms with Crippen molar-refractivity contribution < 1.29 is 4.79 Å². The topological polar surface area (TPSA) is 29.1 Å². The molecule has 0 heterocycles. The Kier molecular flexibility index (Phi) is 5.34. The van der Waals surface area contributed by atoms with Crippen molar-refractivity contribution in [3.05, 3.63) is 34.3 Å². The molecule has 1 aromatic carbocycles. The van der Waals surface area contributed by atoms with Crippen molar-refractivity contribution in [3.63, 3.8) is 0 Å². The third-order valence-corrected chi connectivity index (χ3v) is 6.00. The van der Waals surface area contributed by atoms with Gasteiger partial charge in [-0.2, -0.15) is 11.8 Å². The molecule has 1 saturated carbocycles. The summed E-state index contributed by atoms with van der Waals surface area (Å²) in [4.78, 5) is 12.2. The molecule has 2 nitrogen and oxygen atoms in total. The number of amides is 1. The van der Waals surface area contributed by atoms with E-state index in [2.05, 4.69) is 27.5 Å². The average molecular weight is 342 g/mol. The fourth-order valence-electron chi connectivity index (χ4n) is 2.63. The minimum atomic E-state index is 0.0199. The average Bonchev–Trinajstić information content (AvgIpc) is 2.46. The lowest BCUT2D eigenvalue weighted by Crippen LogP contribution is -2.41. The zero-order valence-electron chi connectivity index (χ0n) is 11.2. The van der Waals surface area contributed by atoms with Crippen LogP contribution in [0.4, 0.5) is 0 Å². The van der Waals surface area contributed by atoms with Crippen molar-refractivity contribution in [1.29, 1.82) is 0 Å². The third-order valence-electron chi connectivity index (χ3n) is 3.89. The standard InChI is InChI=1S/C15H20BrNOS/c1-19-15(9-5-2-6-10-15)11-17-14(18)12-7-3-4-8-13(12)16/h3-4,7-8H,2,5-6,9-11H2,1H3,(H,17,18). The van der Waals surface area contributed by atoms with Crippen molar-refractivity contribution in [2.75, 3.05) is 12.8 Å². The molecular formula is C15H20BrNOS. The molecule has 1 fully saturated rings. The second-order valence-corrected chi connectivity index (χ2v) is 7.24. The Morgan fingerprint density at radius 2 is 2.00 bits per heavy atom. The molecule has 0 spiro atoms. The molecule has 104 valence electrons. The molecule has 1 aliphatic carbocycles. The Labute approximate surface area is 127 Å². The van der Waals surface area contributed by atoms with E-state index in [0.29, 0.717) is 0 Å². The van der Waals surface area contributed by atoms with E-state index in [1.165, 1.54) is 32.1 Å². The number of hydrogen-bond acceptors (Lipinski definition) is 2. The summed E-state index contributed by atoms with van der Waals surface area (Å²) >= 11 is 5.34. The van der Waals surface area contributed by atoms with Crippen LogP contribution < -0.4 is 5.32 Å². The molecule has 0 aromatic heterocycles. The van der Waals surface area contributed by atoms with Gasteiger partial charge in [0.1, 0.15) is 0 Å². The highest BCUT2D eigenvalue weighted by atomic mass is 79.9. The van der Waals surface area contributed by atoms with Crippen molar-refractivity contribution >= 4 is 33.6 Å². The maximum Gasteiger partial charge on any atom is 0.252 e. The van der Waals surface area contributed by atoms with Gasteiger partial charge in [0.25, 0.3) is 5.91 Å².